The number of anilines is 6. The van der Waals surface area contributed by atoms with Gasteiger partial charge in [0, 0.05) is 44.9 Å². The van der Waals surface area contributed by atoms with Gasteiger partial charge < -0.3 is 14.4 Å². The van der Waals surface area contributed by atoms with E-state index in [1.54, 1.807) is 0 Å². The Balaban J connectivity index is 0.945. The number of para-hydroxylation sites is 2. The van der Waals surface area contributed by atoms with E-state index in [1.807, 2.05) is 0 Å². The summed E-state index contributed by atoms with van der Waals surface area (Å²) in [5.41, 5.74) is 16.1. The van der Waals surface area contributed by atoms with Crippen LogP contribution in [-0.4, -0.2) is 35.5 Å². The molecule has 18 aromatic rings. The maximum atomic E-state index is 2.70. The minimum atomic E-state index is -3.20. The molecule has 0 saturated carbocycles. The number of hydrogen-bond acceptors (Lipinski definition) is 2. The average molecular weight is 1440 g/mol. The summed E-state index contributed by atoms with van der Waals surface area (Å²) in [5, 5.41) is 18.4. The van der Waals surface area contributed by atoms with Gasteiger partial charge in [0.05, 0.1) is 16.7 Å². The van der Waals surface area contributed by atoms with E-state index in [0.717, 1.165) is 62.0 Å². The lowest BCUT2D eigenvalue weighted by Gasteiger charge is -2.46. The minimum Gasteiger partial charge on any atom is -0.311 e. The molecule has 3 nitrogen and oxygen atoms in total. The summed E-state index contributed by atoms with van der Waals surface area (Å²) in [6.45, 7) is -0.302. The zero-order valence-corrected chi connectivity index (χ0v) is 63.1. The van der Waals surface area contributed by atoms with Gasteiger partial charge in [0.2, 0.25) is 0 Å². The van der Waals surface area contributed by atoms with Gasteiger partial charge >= 0.3 is 0 Å². The predicted molar refractivity (Wildman–Crippen MR) is 471 cm³/mol. The van der Waals surface area contributed by atoms with Gasteiger partial charge in [-0.05, 0) is 150 Å². The molecule has 17 aromatic carbocycles. The monoisotopic (exact) mass is 1440 g/mol. The Morgan fingerprint density at radius 3 is 0.826 bits per heavy atom. The van der Waals surface area contributed by atoms with Crippen LogP contribution in [0.2, 0.25) is 0 Å². The first-order valence-electron chi connectivity index (χ1n) is 37.9. The molecular weight excluding hydrogens is 1360 g/mol. The highest BCUT2D eigenvalue weighted by molar-refractivity contribution is 7.21. The normalized spacial score (nSPS) is 12.5. The summed E-state index contributed by atoms with van der Waals surface area (Å²) < 4.78 is 2.53. The van der Waals surface area contributed by atoms with Crippen LogP contribution in [0.15, 0.2) is 449 Å². The third kappa shape index (κ3) is 10.5. The van der Waals surface area contributed by atoms with Crippen LogP contribution in [0.3, 0.4) is 0 Å². The van der Waals surface area contributed by atoms with Gasteiger partial charge in [0.1, 0.15) is 0 Å². The maximum Gasteiger partial charge on any atom is 0.252 e. The molecule has 0 unspecified atom stereocenters. The number of benzene rings is 17. The Labute approximate surface area is 641 Å². The third-order valence-electron chi connectivity index (χ3n) is 23.4. The van der Waals surface area contributed by atoms with Gasteiger partial charge in [-0.15, -0.1) is 0 Å². The molecule has 0 amide bonds. The number of hydrogen-bond donors (Lipinski definition) is 0. The van der Waals surface area contributed by atoms with Crippen LogP contribution in [-0.2, 0) is 0 Å². The molecule has 7 heteroatoms. The molecule has 0 atom stereocenters. The van der Waals surface area contributed by atoms with Crippen molar-refractivity contribution in [3.63, 3.8) is 0 Å². The first-order valence-corrected chi connectivity index (χ1v) is 43.9. The zero-order valence-electron chi connectivity index (χ0n) is 60.1. The molecule has 0 fully saturated rings. The number of aromatic nitrogens is 1. The van der Waals surface area contributed by atoms with Crippen LogP contribution in [0.25, 0.3) is 38.6 Å². The molecule has 2 aliphatic rings. The van der Waals surface area contributed by atoms with Crippen molar-refractivity contribution in [2.45, 2.75) is 0 Å². The largest absolute Gasteiger partial charge is 0.311 e. The van der Waals surface area contributed by atoms with Crippen LogP contribution >= 0.6 is 0 Å². The van der Waals surface area contributed by atoms with E-state index in [-0.39, 0.29) is 6.71 Å². The standard InChI is InChI=1S/C102H74BN3Si3/c1-11-36-75(37-12-1)76-38-35-39-78(70-76)105-99-69-67-91(109(86-52-25-8-26-53-86,87-54-27-9-28-55-87)88-56-29-10-30-57-88)74-95(99)103-94-73-90(108(83-46-19-5-20-47-83,84-48-21-6-22-49-84)85-50-23-7-24-51-85)66-68-98(94)104(100-71-79(72-101(105)102(100)103)106-96-60-33-31-58-92(96)93-59-32-34-61-97(93)106)77-62-64-89(65-63-77)107(80-40-13-2-14-41-80,81-42-15-3-16-43-81)82-44-17-4-18-45-82/h1-74H. The van der Waals surface area contributed by atoms with Gasteiger partial charge in [-0.2, -0.15) is 0 Å². The van der Waals surface area contributed by atoms with Crippen molar-refractivity contribution in [2.24, 2.45) is 0 Å². The molecule has 1 aromatic heterocycles. The smallest absolute Gasteiger partial charge is 0.252 e. The van der Waals surface area contributed by atoms with E-state index < -0.39 is 24.2 Å². The lowest BCUT2D eigenvalue weighted by atomic mass is 9.33. The van der Waals surface area contributed by atoms with Crippen molar-refractivity contribution < 1.29 is 0 Å². The Bertz CT molecular complexity index is 5990. The molecule has 109 heavy (non-hydrogen) atoms. The molecular formula is C102H74BN3Si3. The highest BCUT2D eigenvalue weighted by atomic mass is 28.3. The van der Waals surface area contributed by atoms with Crippen LogP contribution < -0.4 is 88.4 Å². The summed E-state index contributed by atoms with van der Waals surface area (Å²) in [4.78, 5) is 5.30. The Morgan fingerprint density at radius 1 is 0.183 bits per heavy atom. The Hall–Kier alpha value is -13.1. The van der Waals surface area contributed by atoms with Crippen LogP contribution in [0, 0.1) is 0 Å². The molecule has 512 valence electrons. The first-order chi connectivity index (χ1) is 54.1. The molecule has 20 rings (SSSR count). The minimum absolute atomic E-state index is 0.302. The summed E-state index contributed by atoms with van der Waals surface area (Å²) in [6.07, 6.45) is 0. The Kier molecular flexibility index (Phi) is 16.4. The number of fused-ring (bicyclic) bond motifs is 7. The van der Waals surface area contributed by atoms with Crippen molar-refractivity contribution in [1.29, 1.82) is 0 Å². The van der Waals surface area contributed by atoms with Crippen molar-refractivity contribution in [1.82, 2.24) is 4.57 Å². The molecule has 3 heterocycles. The van der Waals surface area contributed by atoms with E-state index in [9.17, 15) is 0 Å². The highest BCUT2D eigenvalue weighted by Crippen LogP contribution is 2.47. The summed E-state index contributed by atoms with van der Waals surface area (Å²) in [5.74, 6) is 0. The second-order valence-electron chi connectivity index (χ2n) is 28.9. The van der Waals surface area contributed by atoms with Crippen LogP contribution in [0.4, 0.5) is 34.1 Å². The lowest BCUT2D eigenvalue weighted by Crippen LogP contribution is -2.76. The molecule has 2 aliphatic heterocycles. The van der Waals surface area contributed by atoms with E-state index in [1.165, 1.54) is 89.4 Å². The van der Waals surface area contributed by atoms with Crippen molar-refractivity contribution in [2.75, 3.05) is 9.80 Å². The van der Waals surface area contributed by atoms with Crippen LogP contribution in [0.5, 0.6) is 0 Å². The second kappa shape index (κ2) is 27.3. The summed E-state index contributed by atoms with van der Waals surface area (Å²) >= 11 is 0. The fraction of sp³-hybridized carbons (Fsp3) is 0. The molecule has 0 radical (unpaired) electrons. The molecule has 0 saturated heterocycles. The molecule has 0 N–H and O–H groups in total. The SMILES string of the molecule is c1ccc(-c2cccc(N3c4ccc([Si](c5ccccc5)(c5ccccc5)c5ccccc5)cc4B4c5cc([Si](c6ccccc6)(c6ccccc6)c6ccccc6)ccc5N(c5ccc([Si](c6ccccc6)(c6ccccc6)c6ccccc6)cc5)c5cc(-n6c7ccccc7c7ccccc76)cc3c54)c2)cc1. The summed E-state index contributed by atoms with van der Waals surface area (Å²) in [7, 11) is -9.38. The van der Waals surface area contributed by atoms with Crippen molar-refractivity contribution in [3.8, 4) is 16.8 Å². The van der Waals surface area contributed by atoms with E-state index in [2.05, 4.69) is 463 Å². The molecule has 0 bridgehead atoms. The maximum absolute atomic E-state index is 3.20. The van der Waals surface area contributed by atoms with Crippen LogP contribution in [0.1, 0.15) is 0 Å². The molecule has 0 spiro atoms. The van der Waals surface area contributed by atoms with E-state index in [4.69, 9.17) is 0 Å². The number of rotatable bonds is 16. The van der Waals surface area contributed by atoms with E-state index >= 15 is 0 Å². The lowest BCUT2D eigenvalue weighted by molar-refractivity contribution is 1.16. The third-order valence-corrected chi connectivity index (χ3v) is 37.7. The fourth-order valence-electron chi connectivity index (χ4n) is 18.9. The Morgan fingerprint density at radius 2 is 0.468 bits per heavy atom. The van der Waals surface area contributed by atoms with Crippen molar-refractivity contribution in [3.05, 3.63) is 449 Å². The van der Waals surface area contributed by atoms with Gasteiger partial charge in [-0.1, -0.05) is 388 Å². The summed E-state index contributed by atoms with van der Waals surface area (Å²) in [6, 6.07) is 171. The van der Waals surface area contributed by atoms with Crippen molar-refractivity contribution >= 4 is 165 Å². The van der Waals surface area contributed by atoms with Gasteiger partial charge in [-0.3, -0.25) is 0 Å². The first kappa shape index (κ1) is 65.4. The molecule has 0 aliphatic carbocycles. The quantitative estimate of drug-likeness (QED) is 0.0706. The topological polar surface area (TPSA) is 11.4 Å². The van der Waals surface area contributed by atoms with Gasteiger partial charge in [-0.25, -0.2) is 0 Å². The zero-order chi connectivity index (χ0) is 72.3. The predicted octanol–water partition coefficient (Wildman–Crippen LogP) is 14.7. The van der Waals surface area contributed by atoms with Gasteiger partial charge in [0.15, 0.2) is 24.2 Å². The van der Waals surface area contributed by atoms with Gasteiger partial charge in [0.25, 0.3) is 6.71 Å². The highest BCUT2D eigenvalue weighted by Gasteiger charge is 2.50. The fourth-order valence-corrected chi connectivity index (χ4v) is 33.2. The second-order valence-corrected chi connectivity index (χ2v) is 40.4. The van der Waals surface area contributed by atoms with E-state index in [0.29, 0.717) is 0 Å². The number of nitrogens with zero attached hydrogens (tertiary/aromatic N) is 3. The average Bonchev–Trinajstić information content (AvgIpc) is 1.15.